The highest BCUT2D eigenvalue weighted by Crippen LogP contribution is 2.27. The largest absolute Gasteiger partial charge is 0.488 e. The molecule has 132 valence electrons. The van der Waals surface area contributed by atoms with Crippen LogP contribution in [0.25, 0.3) is 0 Å². The van der Waals surface area contributed by atoms with E-state index in [1.54, 1.807) is 0 Å². The second-order valence-electron chi connectivity index (χ2n) is 6.16. The van der Waals surface area contributed by atoms with Crippen molar-refractivity contribution in [2.45, 2.75) is 20.5 Å². The van der Waals surface area contributed by atoms with Crippen molar-refractivity contribution in [3.63, 3.8) is 0 Å². The lowest BCUT2D eigenvalue weighted by Crippen LogP contribution is -1.96. The smallest absolute Gasteiger partial charge is 0.134 e. The van der Waals surface area contributed by atoms with E-state index < -0.39 is 0 Å². The van der Waals surface area contributed by atoms with Crippen molar-refractivity contribution < 1.29 is 4.74 Å². The first-order valence-corrected chi connectivity index (χ1v) is 9.46. The molecule has 0 saturated heterocycles. The predicted octanol–water partition coefficient (Wildman–Crippen LogP) is 7.05. The number of ether oxygens (including phenoxy) is 1. The van der Waals surface area contributed by atoms with E-state index in [1.807, 2.05) is 54.7 Å². The van der Waals surface area contributed by atoms with Crippen LogP contribution in [0.3, 0.4) is 0 Å². The maximum atomic E-state index is 6.00. The minimum atomic E-state index is 0.467. The number of aliphatic imine (C=N–C) groups is 1. The number of rotatable bonds is 5. The third-order valence-corrected chi connectivity index (χ3v) is 4.80. The first-order chi connectivity index (χ1) is 12.5. The fraction of sp³-hybridized carbons (Fsp3) is 0.136. The highest BCUT2D eigenvalue weighted by atomic mass is 79.9. The fourth-order valence-corrected chi connectivity index (χ4v) is 3.32. The monoisotopic (exact) mass is 427 g/mol. The third-order valence-electron chi connectivity index (χ3n) is 3.94. The van der Waals surface area contributed by atoms with Crippen LogP contribution in [0.4, 0.5) is 5.69 Å². The van der Waals surface area contributed by atoms with Crippen molar-refractivity contribution >= 4 is 39.4 Å². The van der Waals surface area contributed by atoms with Crippen LogP contribution in [0.1, 0.15) is 22.3 Å². The van der Waals surface area contributed by atoms with Gasteiger partial charge in [0.1, 0.15) is 12.4 Å². The minimum Gasteiger partial charge on any atom is -0.488 e. The SMILES string of the molecule is Cc1ccc(N=Cc2ccc(OCc3cccc(Cl)c3)c(Br)c2)c(C)c1. The van der Waals surface area contributed by atoms with Crippen LogP contribution in [-0.4, -0.2) is 6.21 Å². The molecule has 0 fully saturated rings. The van der Waals surface area contributed by atoms with Gasteiger partial charge in [0.15, 0.2) is 0 Å². The van der Waals surface area contributed by atoms with Crippen molar-refractivity contribution in [1.82, 2.24) is 0 Å². The molecule has 0 amide bonds. The van der Waals surface area contributed by atoms with Gasteiger partial charge in [-0.15, -0.1) is 0 Å². The lowest BCUT2D eigenvalue weighted by Gasteiger charge is -2.09. The molecule has 0 unspecified atom stereocenters. The van der Waals surface area contributed by atoms with E-state index >= 15 is 0 Å². The first-order valence-electron chi connectivity index (χ1n) is 8.29. The third kappa shape index (κ3) is 4.96. The van der Waals surface area contributed by atoms with Gasteiger partial charge in [-0.25, -0.2) is 0 Å². The van der Waals surface area contributed by atoms with E-state index in [0.29, 0.717) is 11.6 Å². The van der Waals surface area contributed by atoms with Crippen molar-refractivity contribution in [2.24, 2.45) is 4.99 Å². The van der Waals surface area contributed by atoms with Crippen LogP contribution in [0.15, 0.2) is 70.1 Å². The molecule has 26 heavy (non-hydrogen) atoms. The molecule has 0 N–H and O–H groups in total. The molecule has 0 aliphatic heterocycles. The molecule has 0 bridgehead atoms. The maximum absolute atomic E-state index is 6.00. The molecular formula is C22H19BrClNO. The van der Waals surface area contributed by atoms with Crippen LogP contribution < -0.4 is 4.74 Å². The molecule has 3 rings (SSSR count). The van der Waals surface area contributed by atoms with E-state index in [-0.39, 0.29) is 0 Å². The van der Waals surface area contributed by atoms with Crippen molar-refractivity contribution in [3.05, 3.63) is 92.4 Å². The number of nitrogens with zero attached hydrogens (tertiary/aromatic N) is 1. The topological polar surface area (TPSA) is 21.6 Å². The molecule has 0 heterocycles. The first kappa shape index (κ1) is 18.7. The van der Waals surface area contributed by atoms with Crippen LogP contribution in [0, 0.1) is 13.8 Å². The molecule has 0 aromatic heterocycles. The van der Waals surface area contributed by atoms with Gasteiger partial charge in [0.25, 0.3) is 0 Å². The summed E-state index contributed by atoms with van der Waals surface area (Å²) in [6, 6.07) is 19.8. The van der Waals surface area contributed by atoms with Gasteiger partial charge < -0.3 is 4.74 Å². The predicted molar refractivity (Wildman–Crippen MR) is 113 cm³/mol. The molecule has 0 aliphatic rings. The van der Waals surface area contributed by atoms with Crippen LogP contribution in [0.2, 0.25) is 5.02 Å². The van der Waals surface area contributed by atoms with E-state index in [1.165, 1.54) is 11.1 Å². The molecular weight excluding hydrogens is 410 g/mol. The van der Waals surface area contributed by atoms with Gasteiger partial charge in [0.2, 0.25) is 0 Å². The molecule has 0 radical (unpaired) electrons. The molecule has 3 aromatic carbocycles. The fourth-order valence-electron chi connectivity index (χ4n) is 2.60. The summed E-state index contributed by atoms with van der Waals surface area (Å²) in [5.74, 6) is 0.786. The zero-order valence-electron chi connectivity index (χ0n) is 14.7. The maximum Gasteiger partial charge on any atom is 0.134 e. The van der Waals surface area contributed by atoms with Crippen LogP contribution >= 0.6 is 27.5 Å². The number of hydrogen-bond donors (Lipinski definition) is 0. The summed E-state index contributed by atoms with van der Waals surface area (Å²) in [6.07, 6.45) is 1.86. The van der Waals surface area contributed by atoms with Crippen molar-refractivity contribution in [1.29, 1.82) is 0 Å². The zero-order valence-corrected chi connectivity index (χ0v) is 17.0. The molecule has 0 atom stereocenters. The van der Waals surface area contributed by atoms with Gasteiger partial charge in [0, 0.05) is 11.2 Å². The summed E-state index contributed by atoms with van der Waals surface area (Å²) < 4.78 is 6.77. The van der Waals surface area contributed by atoms with Gasteiger partial charge in [-0.1, -0.05) is 41.4 Å². The number of aryl methyl sites for hydroxylation is 2. The van der Waals surface area contributed by atoms with Gasteiger partial charge in [-0.2, -0.15) is 0 Å². The number of halogens is 2. The lowest BCUT2D eigenvalue weighted by molar-refractivity contribution is 0.304. The van der Waals surface area contributed by atoms with Gasteiger partial charge in [-0.3, -0.25) is 4.99 Å². The van der Waals surface area contributed by atoms with E-state index in [4.69, 9.17) is 16.3 Å². The Bertz CT molecular complexity index is 953. The Labute approximate surface area is 167 Å². The summed E-state index contributed by atoms with van der Waals surface area (Å²) in [7, 11) is 0. The zero-order chi connectivity index (χ0) is 18.5. The quantitative estimate of drug-likeness (QED) is 0.399. The average Bonchev–Trinajstić information content (AvgIpc) is 2.60. The Morgan fingerprint density at radius 3 is 2.62 bits per heavy atom. The Kier molecular flexibility index (Phi) is 6.12. The number of benzene rings is 3. The van der Waals surface area contributed by atoms with E-state index in [9.17, 15) is 0 Å². The summed E-state index contributed by atoms with van der Waals surface area (Å²) >= 11 is 9.58. The van der Waals surface area contributed by atoms with E-state index in [0.717, 1.165) is 27.0 Å². The second-order valence-corrected chi connectivity index (χ2v) is 7.45. The molecule has 2 nitrogen and oxygen atoms in total. The lowest BCUT2D eigenvalue weighted by atomic mass is 10.1. The van der Waals surface area contributed by atoms with Crippen LogP contribution in [0.5, 0.6) is 5.75 Å². The molecule has 3 aromatic rings. The van der Waals surface area contributed by atoms with E-state index in [2.05, 4.69) is 46.9 Å². The Morgan fingerprint density at radius 2 is 1.88 bits per heavy atom. The molecule has 0 aliphatic carbocycles. The second kappa shape index (κ2) is 8.52. The van der Waals surface area contributed by atoms with Gasteiger partial charge in [-0.05, 0) is 82.9 Å². The molecule has 0 spiro atoms. The highest BCUT2D eigenvalue weighted by molar-refractivity contribution is 9.10. The average molecular weight is 429 g/mol. The van der Waals surface area contributed by atoms with Crippen LogP contribution in [-0.2, 0) is 6.61 Å². The Hall–Kier alpha value is -2.10. The molecule has 0 saturated carbocycles. The van der Waals surface area contributed by atoms with Gasteiger partial charge in [0.05, 0.1) is 10.2 Å². The normalized spacial score (nSPS) is 11.1. The molecule has 4 heteroatoms. The number of hydrogen-bond acceptors (Lipinski definition) is 2. The standard InChI is InChI=1S/C22H19BrClNO/c1-15-6-8-21(16(2)10-15)25-13-17-7-9-22(20(23)12-17)26-14-18-4-3-5-19(24)11-18/h3-13H,14H2,1-2H3. The summed E-state index contributed by atoms with van der Waals surface area (Å²) in [5.41, 5.74) is 5.43. The summed E-state index contributed by atoms with van der Waals surface area (Å²) in [4.78, 5) is 4.59. The summed E-state index contributed by atoms with van der Waals surface area (Å²) in [5, 5.41) is 0.711. The van der Waals surface area contributed by atoms with Crippen molar-refractivity contribution in [3.8, 4) is 5.75 Å². The highest BCUT2D eigenvalue weighted by Gasteiger charge is 2.04. The van der Waals surface area contributed by atoms with Crippen molar-refractivity contribution in [2.75, 3.05) is 0 Å². The Morgan fingerprint density at radius 1 is 1.04 bits per heavy atom. The minimum absolute atomic E-state index is 0.467. The summed E-state index contributed by atoms with van der Waals surface area (Å²) in [6.45, 7) is 4.62. The van der Waals surface area contributed by atoms with Gasteiger partial charge >= 0.3 is 0 Å². The Balaban J connectivity index is 1.70.